The summed E-state index contributed by atoms with van der Waals surface area (Å²) in [5.74, 6) is 0.681. The van der Waals surface area contributed by atoms with Crippen LogP contribution >= 0.6 is 0 Å². The van der Waals surface area contributed by atoms with Gasteiger partial charge in [0.05, 0.1) is 11.5 Å². The molecular weight excluding hydrogens is 262 g/mol. The van der Waals surface area contributed by atoms with Crippen LogP contribution in [0.1, 0.15) is 45.4 Å². The van der Waals surface area contributed by atoms with Crippen molar-refractivity contribution in [3.8, 4) is 5.75 Å². The fraction of sp³-hybridized carbons (Fsp3) is 0.571. The molecule has 0 fully saturated rings. The number of ether oxygens (including phenoxy) is 1. The molecule has 0 atom stereocenters. The molecule has 1 rings (SSSR count). The normalized spacial score (nSPS) is 11.5. The fourth-order valence-corrected chi connectivity index (χ4v) is 2.31. The molecule has 1 aromatic carbocycles. The van der Waals surface area contributed by atoms with Gasteiger partial charge in [-0.15, -0.1) is 0 Å². The van der Waals surface area contributed by atoms with Crippen LogP contribution in [-0.2, 0) is 10.0 Å². The highest BCUT2D eigenvalue weighted by atomic mass is 32.2. The molecule has 0 spiro atoms. The number of unbranched alkanes of at least 4 members (excludes halogenated alkanes) is 5. The van der Waals surface area contributed by atoms with E-state index in [-0.39, 0.29) is 4.90 Å². The summed E-state index contributed by atoms with van der Waals surface area (Å²) >= 11 is 0. The van der Waals surface area contributed by atoms with E-state index in [9.17, 15) is 8.42 Å². The second kappa shape index (κ2) is 8.17. The van der Waals surface area contributed by atoms with Gasteiger partial charge in [0.25, 0.3) is 0 Å². The van der Waals surface area contributed by atoms with E-state index < -0.39 is 10.0 Å². The Bertz CT molecular complexity index is 454. The molecule has 0 radical (unpaired) electrons. The van der Waals surface area contributed by atoms with Crippen molar-refractivity contribution in [3.05, 3.63) is 24.3 Å². The second-order valence-corrected chi connectivity index (χ2v) is 6.19. The Kier molecular flexibility index (Phi) is 6.87. The molecule has 0 saturated heterocycles. The Balaban J connectivity index is 2.23. The zero-order valence-corrected chi connectivity index (χ0v) is 12.3. The third kappa shape index (κ3) is 6.59. The number of primary sulfonamides is 1. The van der Waals surface area contributed by atoms with E-state index in [0.29, 0.717) is 12.4 Å². The van der Waals surface area contributed by atoms with E-state index in [2.05, 4.69) is 6.92 Å². The van der Waals surface area contributed by atoms with Crippen molar-refractivity contribution >= 4 is 10.0 Å². The molecule has 0 aliphatic rings. The minimum absolute atomic E-state index is 0.111. The van der Waals surface area contributed by atoms with Crippen LogP contribution in [0.25, 0.3) is 0 Å². The molecule has 0 heterocycles. The molecule has 2 N–H and O–H groups in total. The lowest BCUT2D eigenvalue weighted by molar-refractivity contribution is 0.304. The largest absolute Gasteiger partial charge is 0.494 e. The lowest BCUT2D eigenvalue weighted by Gasteiger charge is -2.06. The second-order valence-electron chi connectivity index (χ2n) is 4.63. The molecule has 0 aliphatic carbocycles. The first-order chi connectivity index (χ1) is 9.04. The van der Waals surface area contributed by atoms with Gasteiger partial charge < -0.3 is 4.74 Å². The van der Waals surface area contributed by atoms with Crippen LogP contribution in [0.3, 0.4) is 0 Å². The topological polar surface area (TPSA) is 69.4 Å². The van der Waals surface area contributed by atoms with Gasteiger partial charge in [-0.1, -0.05) is 39.0 Å². The first kappa shape index (κ1) is 16.0. The van der Waals surface area contributed by atoms with Crippen LogP contribution in [0.15, 0.2) is 29.2 Å². The van der Waals surface area contributed by atoms with Gasteiger partial charge in [0, 0.05) is 0 Å². The number of nitrogens with two attached hydrogens (primary N) is 1. The van der Waals surface area contributed by atoms with Crippen LogP contribution in [0.2, 0.25) is 0 Å². The van der Waals surface area contributed by atoms with Gasteiger partial charge in [-0.25, -0.2) is 13.6 Å². The summed E-state index contributed by atoms with van der Waals surface area (Å²) in [6.07, 6.45) is 7.31. The van der Waals surface area contributed by atoms with Crippen molar-refractivity contribution in [3.63, 3.8) is 0 Å². The maximum absolute atomic E-state index is 11.1. The minimum Gasteiger partial charge on any atom is -0.494 e. The van der Waals surface area contributed by atoms with Crippen LogP contribution in [0.5, 0.6) is 5.75 Å². The van der Waals surface area contributed by atoms with Crippen molar-refractivity contribution < 1.29 is 13.2 Å². The van der Waals surface area contributed by atoms with E-state index in [0.717, 1.165) is 6.42 Å². The summed E-state index contributed by atoms with van der Waals surface area (Å²) in [6.45, 7) is 2.87. The molecule has 0 bridgehead atoms. The number of hydrogen-bond acceptors (Lipinski definition) is 3. The Morgan fingerprint density at radius 1 is 1.00 bits per heavy atom. The smallest absolute Gasteiger partial charge is 0.238 e. The van der Waals surface area contributed by atoms with Crippen LogP contribution in [0.4, 0.5) is 0 Å². The molecule has 0 unspecified atom stereocenters. The quantitative estimate of drug-likeness (QED) is 0.709. The summed E-state index contributed by atoms with van der Waals surface area (Å²) in [4.78, 5) is 0.111. The molecule has 1 aromatic rings. The van der Waals surface area contributed by atoms with Crippen LogP contribution in [0, 0.1) is 0 Å². The Morgan fingerprint density at radius 3 is 2.16 bits per heavy atom. The van der Waals surface area contributed by atoms with Gasteiger partial charge in [-0.05, 0) is 30.7 Å². The summed E-state index contributed by atoms with van der Waals surface area (Å²) in [7, 11) is -3.61. The lowest BCUT2D eigenvalue weighted by atomic mass is 10.1. The average Bonchev–Trinajstić information content (AvgIpc) is 2.37. The van der Waals surface area contributed by atoms with Gasteiger partial charge >= 0.3 is 0 Å². The molecule has 19 heavy (non-hydrogen) atoms. The van der Waals surface area contributed by atoms with Crippen LogP contribution in [-0.4, -0.2) is 15.0 Å². The summed E-state index contributed by atoms with van der Waals surface area (Å²) in [6, 6.07) is 6.20. The van der Waals surface area contributed by atoms with Gasteiger partial charge in [0.15, 0.2) is 0 Å². The van der Waals surface area contributed by atoms with E-state index >= 15 is 0 Å². The fourth-order valence-electron chi connectivity index (χ4n) is 1.80. The number of hydrogen-bond donors (Lipinski definition) is 1. The highest BCUT2D eigenvalue weighted by Crippen LogP contribution is 2.15. The maximum Gasteiger partial charge on any atom is 0.238 e. The molecule has 5 heteroatoms. The molecule has 4 nitrogen and oxygen atoms in total. The maximum atomic E-state index is 11.1. The Hall–Kier alpha value is -1.07. The van der Waals surface area contributed by atoms with E-state index in [1.807, 2.05) is 0 Å². The molecule has 0 amide bonds. The van der Waals surface area contributed by atoms with Gasteiger partial charge in [0.2, 0.25) is 10.0 Å². The van der Waals surface area contributed by atoms with Gasteiger partial charge in [0.1, 0.15) is 5.75 Å². The average molecular weight is 285 g/mol. The summed E-state index contributed by atoms with van der Waals surface area (Å²) in [5.41, 5.74) is 0. The van der Waals surface area contributed by atoms with Gasteiger partial charge in [-0.2, -0.15) is 0 Å². The zero-order chi connectivity index (χ0) is 14.1. The van der Waals surface area contributed by atoms with Crippen LogP contribution < -0.4 is 9.88 Å². The van der Waals surface area contributed by atoms with Crippen molar-refractivity contribution in [1.29, 1.82) is 0 Å². The predicted molar refractivity (Wildman–Crippen MR) is 76.7 cm³/mol. The Morgan fingerprint density at radius 2 is 1.58 bits per heavy atom. The minimum atomic E-state index is -3.61. The lowest BCUT2D eigenvalue weighted by Crippen LogP contribution is -2.11. The van der Waals surface area contributed by atoms with Gasteiger partial charge in [-0.3, -0.25) is 0 Å². The monoisotopic (exact) mass is 285 g/mol. The number of rotatable bonds is 9. The van der Waals surface area contributed by atoms with Crippen molar-refractivity contribution in [1.82, 2.24) is 0 Å². The van der Waals surface area contributed by atoms with Crippen molar-refractivity contribution in [2.45, 2.75) is 50.3 Å². The predicted octanol–water partition coefficient (Wildman–Crippen LogP) is 3.07. The molecule has 0 aromatic heterocycles. The first-order valence-corrected chi connectivity index (χ1v) is 8.34. The van der Waals surface area contributed by atoms with E-state index in [4.69, 9.17) is 9.88 Å². The SMILES string of the molecule is CCCCCCCCOc1ccc(S(N)(=O)=O)cc1. The molecule has 0 saturated carbocycles. The van der Waals surface area contributed by atoms with Crippen molar-refractivity contribution in [2.75, 3.05) is 6.61 Å². The molecule has 108 valence electrons. The Labute approximate surface area is 116 Å². The number of sulfonamides is 1. The summed E-state index contributed by atoms with van der Waals surface area (Å²) in [5, 5.41) is 5.02. The molecular formula is C14H23NO3S. The first-order valence-electron chi connectivity index (χ1n) is 6.79. The third-order valence-electron chi connectivity index (χ3n) is 2.92. The van der Waals surface area contributed by atoms with E-state index in [1.54, 1.807) is 12.1 Å². The van der Waals surface area contributed by atoms with E-state index in [1.165, 1.54) is 44.2 Å². The molecule has 0 aliphatic heterocycles. The standard InChI is InChI=1S/C14H23NO3S/c1-2-3-4-5-6-7-12-18-13-8-10-14(11-9-13)19(15,16)17/h8-11H,2-7,12H2,1H3,(H2,15,16,17). The third-order valence-corrected chi connectivity index (χ3v) is 3.85. The highest BCUT2D eigenvalue weighted by Gasteiger charge is 2.06. The van der Waals surface area contributed by atoms with Crippen molar-refractivity contribution in [2.24, 2.45) is 5.14 Å². The number of benzene rings is 1. The highest BCUT2D eigenvalue weighted by molar-refractivity contribution is 7.89. The summed E-state index contributed by atoms with van der Waals surface area (Å²) < 4.78 is 27.7. The zero-order valence-electron chi connectivity index (χ0n) is 11.5.